The Labute approximate surface area is 97.9 Å². The highest BCUT2D eigenvalue weighted by molar-refractivity contribution is 7.15. The summed E-state index contributed by atoms with van der Waals surface area (Å²) in [6.07, 6.45) is -4.58. The molecule has 2 amide bonds. The van der Waals surface area contributed by atoms with Crippen LogP contribution < -0.4 is 10.6 Å². The maximum Gasteiger partial charge on any atom is 0.445 e. The first-order valence-electron chi connectivity index (χ1n) is 4.42. The van der Waals surface area contributed by atoms with Crippen LogP contribution in [0.4, 0.5) is 23.1 Å². The molecule has 0 spiro atoms. The van der Waals surface area contributed by atoms with E-state index in [1.165, 1.54) is 6.92 Å². The van der Waals surface area contributed by atoms with E-state index in [1.54, 1.807) is 0 Å². The van der Waals surface area contributed by atoms with Crippen LogP contribution in [0.1, 0.15) is 11.9 Å². The highest BCUT2D eigenvalue weighted by atomic mass is 32.1. The van der Waals surface area contributed by atoms with Crippen LogP contribution in [0.2, 0.25) is 0 Å². The molecule has 0 bridgehead atoms. The summed E-state index contributed by atoms with van der Waals surface area (Å²) < 4.78 is 36.4. The first-order chi connectivity index (χ1) is 7.82. The molecule has 1 heterocycles. The molecule has 0 fully saturated rings. The Kier molecular flexibility index (Phi) is 4.23. The van der Waals surface area contributed by atoms with Crippen molar-refractivity contribution in [3.63, 3.8) is 0 Å². The molecule has 3 N–H and O–H groups in total. The number of carbonyl (C=O) groups excluding carboxylic acids is 1. The number of amides is 2. The first kappa shape index (κ1) is 13.6. The lowest BCUT2D eigenvalue weighted by atomic mass is 10.4. The average molecular weight is 270 g/mol. The smallest absolute Gasteiger partial charge is 0.394 e. The van der Waals surface area contributed by atoms with Crippen molar-refractivity contribution in [1.29, 1.82) is 0 Å². The number of nitrogens with one attached hydrogen (secondary N) is 2. The number of hydrogen-bond acceptors (Lipinski definition) is 5. The van der Waals surface area contributed by atoms with Crippen molar-refractivity contribution >= 4 is 22.5 Å². The van der Waals surface area contributed by atoms with E-state index in [0.29, 0.717) is 0 Å². The van der Waals surface area contributed by atoms with Gasteiger partial charge in [0, 0.05) is 0 Å². The molecule has 0 aliphatic rings. The Balaban J connectivity index is 2.58. The molecule has 0 aromatic carbocycles. The Bertz CT molecular complexity index is 395. The number of rotatable bonds is 3. The molecular weight excluding hydrogens is 261 g/mol. The number of hydrogen-bond donors (Lipinski definition) is 3. The van der Waals surface area contributed by atoms with Crippen LogP contribution in [0.25, 0.3) is 0 Å². The SMILES string of the molecule is CC(CO)NC(=O)Nc1nnc(C(F)(F)F)s1. The molecule has 0 saturated carbocycles. The van der Waals surface area contributed by atoms with Crippen molar-refractivity contribution < 1.29 is 23.1 Å². The van der Waals surface area contributed by atoms with Gasteiger partial charge in [-0.25, -0.2) is 4.79 Å². The molecule has 6 nitrogen and oxygen atoms in total. The van der Waals surface area contributed by atoms with Gasteiger partial charge in [0.25, 0.3) is 0 Å². The summed E-state index contributed by atoms with van der Waals surface area (Å²) in [5, 5.41) is 17.7. The number of nitrogens with zero attached hydrogens (tertiary/aromatic N) is 2. The van der Waals surface area contributed by atoms with Gasteiger partial charge in [-0.15, -0.1) is 10.2 Å². The Hall–Kier alpha value is -1.42. The summed E-state index contributed by atoms with van der Waals surface area (Å²) in [4.78, 5) is 11.2. The van der Waals surface area contributed by atoms with Gasteiger partial charge in [-0.05, 0) is 6.92 Å². The second-order valence-corrected chi connectivity index (χ2v) is 4.07. The average Bonchev–Trinajstić information content (AvgIpc) is 2.65. The number of alkyl halides is 3. The normalized spacial score (nSPS) is 13.2. The molecule has 1 unspecified atom stereocenters. The summed E-state index contributed by atoms with van der Waals surface area (Å²) in [6.45, 7) is 1.25. The number of anilines is 1. The minimum atomic E-state index is -4.58. The number of aliphatic hydroxyl groups is 1. The molecule has 0 aliphatic heterocycles. The van der Waals surface area contributed by atoms with E-state index in [-0.39, 0.29) is 23.1 Å². The van der Waals surface area contributed by atoms with Gasteiger partial charge in [-0.2, -0.15) is 13.2 Å². The van der Waals surface area contributed by atoms with Crippen LogP contribution in [-0.4, -0.2) is 34.0 Å². The van der Waals surface area contributed by atoms with Crippen molar-refractivity contribution in [1.82, 2.24) is 15.5 Å². The Morgan fingerprint density at radius 2 is 2.18 bits per heavy atom. The van der Waals surface area contributed by atoms with Gasteiger partial charge in [0.05, 0.1) is 12.6 Å². The van der Waals surface area contributed by atoms with Crippen LogP contribution in [-0.2, 0) is 6.18 Å². The minimum Gasteiger partial charge on any atom is -0.394 e. The van der Waals surface area contributed by atoms with Crippen LogP contribution in [0.15, 0.2) is 0 Å². The fraction of sp³-hybridized carbons (Fsp3) is 0.571. The van der Waals surface area contributed by atoms with Gasteiger partial charge >= 0.3 is 12.2 Å². The van der Waals surface area contributed by atoms with Gasteiger partial charge in [0.2, 0.25) is 10.1 Å². The van der Waals surface area contributed by atoms with Crippen LogP contribution >= 0.6 is 11.3 Å². The molecule has 1 aromatic heterocycles. The van der Waals surface area contributed by atoms with Crippen LogP contribution in [0.5, 0.6) is 0 Å². The lowest BCUT2D eigenvalue weighted by Gasteiger charge is -2.09. The van der Waals surface area contributed by atoms with Gasteiger partial charge in [0.1, 0.15) is 0 Å². The van der Waals surface area contributed by atoms with E-state index < -0.39 is 23.3 Å². The quantitative estimate of drug-likeness (QED) is 0.766. The zero-order valence-corrected chi connectivity index (χ0v) is 9.39. The minimum absolute atomic E-state index is 0.221. The number of carbonyl (C=O) groups is 1. The van der Waals surface area contributed by atoms with Crippen molar-refractivity contribution in [2.75, 3.05) is 11.9 Å². The zero-order valence-electron chi connectivity index (χ0n) is 8.58. The van der Waals surface area contributed by atoms with Crippen molar-refractivity contribution in [2.45, 2.75) is 19.1 Å². The molecule has 96 valence electrons. The summed E-state index contributed by atoms with van der Waals surface area (Å²) in [5.74, 6) is 0. The maximum absolute atomic E-state index is 12.1. The lowest BCUT2D eigenvalue weighted by molar-refractivity contribution is -0.138. The topological polar surface area (TPSA) is 87.1 Å². The highest BCUT2D eigenvalue weighted by Gasteiger charge is 2.35. The highest BCUT2D eigenvalue weighted by Crippen LogP contribution is 2.32. The largest absolute Gasteiger partial charge is 0.445 e. The van der Waals surface area contributed by atoms with E-state index >= 15 is 0 Å². The van der Waals surface area contributed by atoms with Gasteiger partial charge < -0.3 is 10.4 Å². The van der Waals surface area contributed by atoms with Gasteiger partial charge in [0.15, 0.2) is 0 Å². The molecular formula is C7H9F3N4O2S. The molecule has 0 saturated heterocycles. The number of urea groups is 1. The molecule has 10 heteroatoms. The number of halogens is 3. The van der Waals surface area contributed by atoms with E-state index in [9.17, 15) is 18.0 Å². The lowest BCUT2D eigenvalue weighted by Crippen LogP contribution is -2.38. The van der Waals surface area contributed by atoms with E-state index in [2.05, 4.69) is 20.8 Å². The molecule has 0 aliphatic carbocycles. The molecule has 1 atom stereocenters. The molecule has 1 rings (SSSR count). The van der Waals surface area contributed by atoms with Gasteiger partial charge in [-0.1, -0.05) is 11.3 Å². The first-order valence-corrected chi connectivity index (χ1v) is 5.23. The predicted molar refractivity (Wildman–Crippen MR) is 53.6 cm³/mol. The van der Waals surface area contributed by atoms with Crippen molar-refractivity contribution in [3.8, 4) is 0 Å². The predicted octanol–water partition coefficient (Wildman–Crippen LogP) is 1.06. The standard InChI is InChI=1S/C7H9F3N4O2S/c1-3(2-15)11-5(16)12-6-14-13-4(17-6)7(8,9)10/h3,15H,2H2,1H3,(H2,11,12,14,16). The zero-order chi connectivity index (χ0) is 13.1. The third-order valence-corrected chi connectivity index (χ3v) is 2.42. The second kappa shape index (κ2) is 5.27. The fourth-order valence-electron chi connectivity index (χ4n) is 0.791. The summed E-state index contributed by atoms with van der Waals surface area (Å²) >= 11 is 0.221. The molecule has 17 heavy (non-hydrogen) atoms. The third kappa shape index (κ3) is 4.15. The number of aromatic nitrogens is 2. The van der Waals surface area contributed by atoms with Crippen molar-refractivity contribution in [3.05, 3.63) is 5.01 Å². The van der Waals surface area contributed by atoms with E-state index in [0.717, 1.165) is 0 Å². The van der Waals surface area contributed by atoms with Gasteiger partial charge in [-0.3, -0.25) is 5.32 Å². The Morgan fingerprint density at radius 3 is 2.65 bits per heavy atom. The fourth-order valence-corrected chi connectivity index (χ4v) is 1.40. The molecule has 0 radical (unpaired) electrons. The summed E-state index contributed by atoms with van der Waals surface area (Å²) in [5.41, 5.74) is 0. The summed E-state index contributed by atoms with van der Waals surface area (Å²) in [6, 6.07) is -1.26. The monoisotopic (exact) mass is 270 g/mol. The van der Waals surface area contributed by atoms with E-state index in [4.69, 9.17) is 5.11 Å². The van der Waals surface area contributed by atoms with Crippen molar-refractivity contribution in [2.24, 2.45) is 0 Å². The molecule has 1 aromatic rings. The summed E-state index contributed by atoms with van der Waals surface area (Å²) in [7, 11) is 0. The second-order valence-electron chi connectivity index (χ2n) is 3.09. The number of aliphatic hydroxyl groups excluding tert-OH is 1. The third-order valence-electron chi connectivity index (χ3n) is 1.54. The van der Waals surface area contributed by atoms with Crippen LogP contribution in [0, 0.1) is 0 Å². The maximum atomic E-state index is 12.1. The Morgan fingerprint density at radius 1 is 1.53 bits per heavy atom. The van der Waals surface area contributed by atoms with E-state index in [1.807, 2.05) is 0 Å². The van der Waals surface area contributed by atoms with Crippen LogP contribution in [0.3, 0.4) is 0 Å².